The summed E-state index contributed by atoms with van der Waals surface area (Å²) in [5.41, 5.74) is 4.65. The van der Waals surface area contributed by atoms with Gasteiger partial charge in [-0.3, -0.25) is 11.3 Å². The van der Waals surface area contributed by atoms with E-state index in [9.17, 15) is 0 Å². The molecule has 0 saturated carbocycles. The van der Waals surface area contributed by atoms with Gasteiger partial charge < -0.3 is 0 Å². The van der Waals surface area contributed by atoms with Crippen molar-refractivity contribution in [3.63, 3.8) is 0 Å². The first-order valence-corrected chi connectivity index (χ1v) is 6.55. The maximum absolute atomic E-state index is 6.00. The molecule has 0 spiro atoms. The van der Waals surface area contributed by atoms with E-state index in [0.29, 0.717) is 22.3 Å². The molecule has 4 nitrogen and oxygen atoms in total. The van der Waals surface area contributed by atoms with Crippen LogP contribution in [0.3, 0.4) is 0 Å². The van der Waals surface area contributed by atoms with Gasteiger partial charge in [0.05, 0.1) is 21.8 Å². The molecule has 6 heteroatoms. The largest absolute Gasteiger partial charge is 0.271 e. The van der Waals surface area contributed by atoms with Crippen molar-refractivity contribution in [2.24, 2.45) is 5.84 Å². The lowest BCUT2D eigenvalue weighted by molar-refractivity contribution is 0.535. The number of nitrogens with two attached hydrogens (primary N) is 1. The molecule has 100 valence electrons. The standard InChI is InChI=1S/C13H14Cl2N4/c1-8-17-5-4-12(18-8)13(19-16)7-9-2-3-10(14)11(15)6-9/h2-6,13,19H,7,16H2,1H3. The second-order valence-electron chi connectivity index (χ2n) is 4.20. The third kappa shape index (κ3) is 3.64. The Morgan fingerprint density at radius 1 is 1.26 bits per heavy atom. The number of rotatable bonds is 4. The van der Waals surface area contributed by atoms with Gasteiger partial charge in [0.25, 0.3) is 0 Å². The quantitative estimate of drug-likeness (QED) is 0.673. The van der Waals surface area contributed by atoms with E-state index >= 15 is 0 Å². The number of aromatic nitrogens is 2. The lowest BCUT2D eigenvalue weighted by atomic mass is 10.0. The van der Waals surface area contributed by atoms with Gasteiger partial charge in [-0.1, -0.05) is 29.3 Å². The summed E-state index contributed by atoms with van der Waals surface area (Å²) >= 11 is 11.9. The zero-order valence-corrected chi connectivity index (χ0v) is 11.9. The molecule has 1 heterocycles. The van der Waals surface area contributed by atoms with Gasteiger partial charge in [-0.2, -0.15) is 0 Å². The number of benzene rings is 1. The van der Waals surface area contributed by atoms with Crippen LogP contribution in [0.2, 0.25) is 10.0 Å². The summed E-state index contributed by atoms with van der Waals surface area (Å²) in [6.45, 7) is 1.84. The maximum atomic E-state index is 6.00. The molecule has 0 saturated heterocycles. The van der Waals surface area contributed by atoms with Crippen LogP contribution >= 0.6 is 23.2 Å². The summed E-state index contributed by atoms with van der Waals surface area (Å²) in [5.74, 6) is 6.32. The molecule has 2 rings (SSSR count). The Labute approximate surface area is 121 Å². The minimum Gasteiger partial charge on any atom is -0.271 e. The molecular formula is C13H14Cl2N4. The van der Waals surface area contributed by atoms with Crippen molar-refractivity contribution in [1.82, 2.24) is 15.4 Å². The molecule has 0 radical (unpaired) electrons. The lowest BCUT2D eigenvalue weighted by Crippen LogP contribution is -2.30. The minimum absolute atomic E-state index is 0.0982. The van der Waals surface area contributed by atoms with Gasteiger partial charge in [-0.25, -0.2) is 9.97 Å². The minimum atomic E-state index is -0.0982. The third-order valence-corrected chi connectivity index (χ3v) is 3.52. The Morgan fingerprint density at radius 3 is 2.68 bits per heavy atom. The Kier molecular flexibility index (Phi) is 4.71. The molecule has 2 aromatic rings. The molecule has 0 fully saturated rings. The zero-order chi connectivity index (χ0) is 13.8. The van der Waals surface area contributed by atoms with E-state index < -0.39 is 0 Å². The molecule has 19 heavy (non-hydrogen) atoms. The topological polar surface area (TPSA) is 63.8 Å². The van der Waals surface area contributed by atoms with Crippen LogP contribution in [0.15, 0.2) is 30.5 Å². The summed E-state index contributed by atoms with van der Waals surface area (Å²) < 4.78 is 0. The fraction of sp³-hybridized carbons (Fsp3) is 0.231. The predicted molar refractivity (Wildman–Crippen MR) is 77.0 cm³/mol. The van der Waals surface area contributed by atoms with Gasteiger partial charge >= 0.3 is 0 Å². The molecule has 3 N–H and O–H groups in total. The number of hydrogen-bond donors (Lipinski definition) is 2. The van der Waals surface area contributed by atoms with Crippen molar-refractivity contribution in [1.29, 1.82) is 0 Å². The fourth-order valence-corrected chi connectivity index (χ4v) is 2.14. The molecule has 0 aliphatic rings. The van der Waals surface area contributed by atoms with Crippen molar-refractivity contribution in [3.8, 4) is 0 Å². The number of hydrazine groups is 1. The van der Waals surface area contributed by atoms with E-state index in [2.05, 4.69) is 15.4 Å². The van der Waals surface area contributed by atoms with Crippen molar-refractivity contribution < 1.29 is 0 Å². The Morgan fingerprint density at radius 2 is 2.05 bits per heavy atom. The fourth-order valence-electron chi connectivity index (χ4n) is 1.82. The first kappa shape index (κ1) is 14.2. The van der Waals surface area contributed by atoms with E-state index in [1.54, 1.807) is 12.3 Å². The van der Waals surface area contributed by atoms with Crippen LogP contribution in [0.5, 0.6) is 0 Å². The molecule has 1 unspecified atom stereocenters. The Bertz CT molecular complexity index is 574. The van der Waals surface area contributed by atoms with Crippen molar-refractivity contribution in [3.05, 3.63) is 57.6 Å². The van der Waals surface area contributed by atoms with Gasteiger partial charge in [0.2, 0.25) is 0 Å². The first-order valence-electron chi connectivity index (χ1n) is 5.79. The van der Waals surface area contributed by atoms with Gasteiger partial charge in [-0.15, -0.1) is 0 Å². The molecule has 1 aromatic heterocycles. The first-order chi connectivity index (χ1) is 9.10. The van der Waals surface area contributed by atoms with E-state index in [0.717, 1.165) is 11.3 Å². The van der Waals surface area contributed by atoms with Crippen molar-refractivity contribution in [2.75, 3.05) is 0 Å². The summed E-state index contributed by atoms with van der Waals surface area (Å²) in [6, 6.07) is 7.28. The van der Waals surface area contributed by atoms with Gasteiger partial charge in [0.15, 0.2) is 0 Å². The molecular weight excluding hydrogens is 283 g/mol. The van der Waals surface area contributed by atoms with Crippen LogP contribution < -0.4 is 11.3 Å². The van der Waals surface area contributed by atoms with E-state index in [1.807, 2.05) is 25.1 Å². The molecule has 0 aliphatic carbocycles. The number of halogens is 2. The second-order valence-corrected chi connectivity index (χ2v) is 5.01. The van der Waals surface area contributed by atoms with Crippen LogP contribution in [0, 0.1) is 6.92 Å². The summed E-state index contributed by atoms with van der Waals surface area (Å²) in [4.78, 5) is 8.44. The molecule has 0 amide bonds. The van der Waals surface area contributed by atoms with Crippen molar-refractivity contribution >= 4 is 23.2 Å². The lowest BCUT2D eigenvalue weighted by Gasteiger charge is -2.16. The molecule has 1 aromatic carbocycles. The SMILES string of the molecule is Cc1nccc(C(Cc2ccc(Cl)c(Cl)c2)NN)n1. The van der Waals surface area contributed by atoms with E-state index in [4.69, 9.17) is 29.0 Å². The highest BCUT2D eigenvalue weighted by molar-refractivity contribution is 6.42. The average molecular weight is 297 g/mol. The number of nitrogens with one attached hydrogen (secondary N) is 1. The third-order valence-electron chi connectivity index (χ3n) is 2.78. The van der Waals surface area contributed by atoms with Gasteiger partial charge in [-0.05, 0) is 37.1 Å². The summed E-state index contributed by atoms with van der Waals surface area (Å²) in [7, 11) is 0. The second kappa shape index (κ2) is 6.30. The smallest absolute Gasteiger partial charge is 0.125 e. The monoisotopic (exact) mass is 296 g/mol. The summed E-state index contributed by atoms with van der Waals surface area (Å²) in [5, 5.41) is 1.08. The summed E-state index contributed by atoms with van der Waals surface area (Å²) in [6.07, 6.45) is 2.39. The van der Waals surface area contributed by atoms with E-state index in [1.165, 1.54) is 0 Å². The Hall–Kier alpha value is -1.20. The highest BCUT2D eigenvalue weighted by Gasteiger charge is 2.13. The molecule has 0 aliphatic heterocycles. The number of hydrogen-bond acceptors (Lipinski definition) is 4. The zero-order valence-electron chi connectivity index (χ0n) is 10.4. The number of nitrogens with zero attached hydrogens (tertiary/aromatic N) is 2. The van der Waals surface area contributed by atoms with Crippen LogP contribution in [-0.2, 0) is 6.42 Å². The normalized spacial score (nSPS) is 12.4. The van der Waals surface area contributed by atoms with E-state index in [-0.39, 0.29) is 6.04 Å². The Balaban J connectivity index is 2.21. The highest BCUT2D eigenvalue weighted by Crippen LogP contribution is 2.25. The van der Waals surface area contributed by atoms with Crippen LogP contribution in [-0.4, -0.2) is 9.97 Å². The van der Waals surface area contributed by atoms with Crippen LogP contribution in [0.4, 0.5) is 0 Å². The van der Waals surface area contributed by atoms with Gasteiger partial charge in [0, 0.05) is 6.20 Å². The number of aryl methyl sites for hydroxylation is 1. The molecule has 0 bridgehead atoms. The maximum Gasteiger partial charge on any atom is 0.125 e. The van der Waals surface area contributed by atoms with Gasteiger partial charge in [0.1, 0.15) is 5.82 Å². The highest BCUT2D eigenvalue weighted by atomic mass is 35.5. The molecule has 1 atom stereocenters. The van der Waals surface area contributed by atoms with Crippen LogP contribution in [0.1, 0.15) is 23.1 Å². The van der Waals surface area contributed by atoms with Crippen molar-refractivity contribution in [2.45, 2.75) is 19.4 Å². The van der Waals surface area contributed by atoms with Crippen LogP contribution in [0.25, 0.3) is 0 Å². The predicted octanol–water partition coefficient (Wildman–Crippen LogP) is 2.84. The average Bonchev–Trinajstić information content (AvgIpc) is 2.40.